The molecule has 0 bridgehead atoms. The van der Waals surface area contributed by atoms with Gasteiger partial charge in [-0.15, -0.1) is 0 Å². The molecule has 0 fully saturated rings. The zero-order valence-electron chi connectivity index (χ0n) is 15.1. The minimum Gasteiger partial charge on any atom is -0.337 e. The molecule has 1 aliphatic carbocycles. The van der Waals surface area contributed by atoms with E-state index in [1.165, 1.54) is 0 Å². The molecular weight excluding hydrogens is 334 g/mol. The van der Waals surface area contributed by atoms with E-state index in [4.69, 9.17) is 10.2 Å². The Labute approximate surface area is 158 Å². The maximum absolute atomic E-state index is 12.9. The molecule has 0 saturated heterocycles. The van der Waals surface area contributed by atoms with Gasteiger partial charge in [0, 0.05) is 5.39 Å². The average Bonchev–Trinajstić information content (AvgIpc) is 3.08. The summed E-state index contributed by atoms with van der Waals surface area (Å²) in [6.07, 6.45) is 3.77. The van der Waals surface area contributed by atoms with Crippen molar-refractivity contribution in [1.82, 2.24) is 10.3 Å². The van der Waals surface area contributed by atoms with Gasteiger partial charge in [0.05, 0.1) is 22.8 Å². The van der Waals surface area contributed by atoms with Crippen LogP contribution in [0.5, 0.6) is 0 Å². The first-order chi connectivity index (χ1) is 13.2. The Balaban J connectivity index is 1.88. The van der Waals surface area contributed by atoms with Gasteiger partial charge in [-0.1, -0.05) is 48.5 Å². The van der Waals surface area contributed by atoms with Gasteiger partial charge in [-0.25, -0.2) is 4.98 Å². The number of allylic oxidation sites excluding steroid dienone is 1. The van der Waals surface area contributed by atoms with E-state index < -0.39 is 6.04 Å². The molecule has 4 heteroatoms. The first-order valence-corrected chi connectivity index (χ1v) is 9.05. The number of rotatable bonds is 3. The Morgan fingerprint density at radius 2 is 1.89 bits per heavy atom. The summed E-state index contributed by atoms with van der Waals surface area (Å²) in [5.41, 5.74) is 5.58. The summed E-state index contributed by atoms with van der Waals surface area (Å²) in [6, 6.07) is 19.4. The Kier molecular flexibility index (Phi) is 4.43. The molecule has 4 nitrogen and oxygen atoms in total. The molecule has 1 aromatic heterocycles. The second-order valence-corrected chi connectivity index (χ2v) is 6.74. The molecule has 4 rings (SSSR count). The van der Waals surface area contributed by atoms with Gasteiger partial charge in [0.2, 0.25) is 0 Å². The number of hydrogen-bond acceptors (Lipinski definition) is 3. The number of nitriles is 1. The van der Waals surface area contributed by atoms with Crippen LogP contribution in [0.3, 0.4) is 0 Å². The molecule has 27 heavy (non-hydrogen) atoms. The third kappa shape index (κ3) is 3.20. The van der Waals surface area contributed by atoms with Crippen molar-refractivity contribution < 1.29 is 4.79 Å². The van der Waals surface area contributed by atoms with Crippen LogP contribution >= 0.6 is 0 Å². The van der Waals surface area contributed by atoms with Gasteiger partial charge >= 0.3 is 0 Å². The van der Waals surface area contributed by atoms with Crippen LogP contribution < -0.4 is 5.32 Å². The van der Waals surface area contributed by atoms with E-state index in [0.29, 0.717) is 5.56 Å². The fourth-order valence-corrected chi connectivity index (χ4v) is 3.59. The van der Waals surface area contributed by atoms with Crippen LogP contribution in [0, 0.1) is 11.3 Å². The molecule has 0 saturated carbocycles. The summed E-state index contributed by atoms with van der Waals surface area (Å²) >= 11 is 0. The summed E-state index contributed by atoms with van der Waals surface area (Å²) in [6.45, 7) is 1.68. The van der Waals surface area contributed by atoms with Crippen LogP contribution in [0.1, 0.15) is 40.5 Å². The predicted molar refractivity (Wildman–Crippen MR) is 107 cm³/mol. The standard InChI is InChI=1S/C23H19N3O/c1-15(14-24)25-23(27)21-18-9-5-6-10-20(18)26-22-17(11-12-19(21)22)13-16-7-3-2-4-8-16/h2-10,13,15H,11-12H2,1H3,(H,25,27). The summed E-state index contributed by atoms with van der Waals surface area (Å²) in [5, 5.41) is 12.7. The molecule has 1 heterocycles. The number of pyridine rings is 1. The van der Waals surface area contributed by atoms with Crippen molar-refractivity contribution in [3.63, 3.8) is 0 Å². The Morgan fingerprint density at radius 3 is 2.67 bits per heavy atom. The first-order valence-electron chi connectivity index (χ1n) is 9.05. The van der Waals surface area contributed by atoms with E-state index >= 15 is 0 Å². The van der Waals surface area contributed by atoms with Crippen LogP contribution in [0.15, 0.2) is 54.6 Å². The summed E-state index contributed by atoms with van der Waals surface area (Å²) in [5.74, 6) is -0.208. The smallest absolute Gasteiger partial charge is 0.253 e. The largest absolute Gasteiger partial charge is 0.337 e. The number of benzene rings is 2. The van der Waals surface area contributed by atoms with Crippen LogP contribution in [0.4, 0.5) is 0 Å². The number of carbonyl (C=O) groups is 1. The number of nitrogens with zero attached hydrogens (tertiary/aromatic N) is 2. The van der Waals surface area contributed by atoms with Gasteiger partial charge < -0.3 is 5.32 Å². The van der Waals surface area contributed by atoms with Crippen molar-refractivity contribution in [1.29, 1.82) is 5.26 Å². The maximum atomic E-state index is 12.9. The second-order valence-electron chi connectivity index (χ2n) is 6.74. The second kappa shape index (κ2) is 7.05. The van der Waals surface area contributed by atoms with E-state index in [0.717, 1.165) is 46.1 Å². The van der Waals surface area contributed by atoms with Gasteiger partial charge in [0.1, 0.15) is 6.04 Å². The maximum Gasteiger partial charge on any atom is 0.253 e. The highest BCUT2D eigenvalue weighted by Crippen LogP contribution is 2.37. The molecule has 2 aromatic carbocycles. The lowest BCUT2D eigenvalue weighted by Gasteiger charge is -2.13. The molecule has 3 aromatic rings. The van der Waals surface area contributed by atoms with E-state index in [1.807, 2.05) is 42.5 Å². The van der Waals surface area contributed by atoms with Gasteiger partial charge in [0.25, 0.3) is 5.91 Å². The summed E-state index contributed by atoms with van der Waals surface area (Å²) < 4.78 is 0. The van der Waals surface area contributed by atoms with Crippen molar-refractivity contribution in [2.24, 2.45) is 0 Å². The van der Waals surface area contributed by atoms with Crippen molar-refractivity contribution in [3.05, 3.63) is 77.0 Å². The molecule has 1 atom stereocenters. The van der Waals surface area contributed by atoms with Crippen molar-refractivity contribution in [2.45, 2.75) is 25.8 Å². The van der Waals surface area contributed by atoms with Crippen molar-refractivity contribution in [2.75, 3.05) is 0 Å². The van der Waals surface area contributed by atoms with E-state index in [9.17, 15) is 4.79 Å². The predicted octanol–water partition coefficient (Wildman–Crippen LogP) is 4.36. The zero-order chi connectivity index (χ0) is 18.8. The number of para-hydroxylation sites is 1. The number of carbonyl (C=O) groups excluding carboxylic acids is 1. The molecule has 0 aliphatic heterocycles. The van der Waals surface area contributed by atoms with Crippen LogP contribution in [-0.4, -0.2) is 16.9 Å². The molecular formula is C23H19N3O. The number of fused-ring (bicyclic) bond motifs is 2. The van der Waals surface area contributed by atoms with E-state index in [2.05, 4.69) is 29.6 Å². The fraction of sp³-hybridized carbons (Fsp3) is 0.174. The number of nitrogens with one attached hydrogen (secondary N) is 1. The lowest BCUT2D eigenvalue weighted by atomic mass is 9.99. The van der Waals surface area contributed by atoms with Crippen LogP contribution in [0.25, 0.3) is 22.6 Å². The van der Waals surface area contributed by atoms with Crippen LogP contribution in [0.2, 0.25) is 0 Å². The van der Waals surface area contributed by atoms with Gasteiger partial charge in [0.15, 0.2) is 0 Å². The summed E-state index contributed by atoms with van der Waals surface area (Å²) in [7, 11) is 0. The van der Waals surface area contributed by atoms with Gasteiger partial charge in [-0.05, 0) is 48.6 Å². The highest BCUT2D eigenvalue weighted by atomic mass is 16.1. The first kappa shape index (κ1) is 17.0. The third-order valence-corrected chi connectivity index (χ3v) is 4.85. The zero-order valence-corrected chi connectivity index (χ0v) is 15.1. The lowest BCUT2D eigenvalue weighted by molar-refractivity contribution is 0.0948. The Hall–Kier alpha value is -3.45. The Bertz CT molecular complexity index is 1090. The minimum absolute atomic E-state index is 0.208. The molecule has 0 radical (unpaired) electrons. The minimum atomic E-state index is -0.541. The SMILES string of the molecule is CC(C#N)NC(=O)c1c2c(nc3ccccc13)C(=Cc1ccccc1)CC2. The quantitative estimate of drug-likeness (QED) is 0.761. The lowest BCUT2D eigenvalue weighted by Crippen LogP contribution is -2.32. The monoisotopic (exact) mass is 353 g/mol. The molecule has 1 unspecified atom stereocenters. The van der Waals surface area contributed by atoms with Gasteiger partial charge in [-0.2, -0.15) is 5.26 Å². The highest BCUT2D eigenvalue weighted by molar-refractivity contribution is 6.09. The molecule has 1 aliphatic rings. The summed E-state index contributed by atoms with van der Waals surface area (Å²) in [4.78, 5) is 17.8. The van der Waals surface area contributed by atoms with Gasteiger partial charge in [-0.3, -0.25) is 4.79 Å². The van der Waals surface area contributed by atoms with Crippen molar-refractivity contribution >= 4 is 28.5 Å². The van der Waals surface area contributed by atoms with E-state index in [-0.39, 0.29) is 5.91 Å². The number of amides is 1. The fourth-order valence-electron chi connectivity index (χ4n) is 3.59. The van der Waals surface area contributed by atoms with E-state index in [1.54, 1.807) is 6.92 Å². The van der Waals surface area contributed by atoms with Crippen LogP contribution in [-0.2, 0) is 6.42 Å². The number of hydrogen-bond donors (Lipinski definition) is 1. The molecule has 132 valence electrons. The molecule has 1 N–H and O–H groups in total. The Morgan fingerprint density at radius 1 is 1.15 bits per heavy atom. The third-order valence-electron chi connectivity index (χ3n) is 4.85. The highest BCUT2D eigenvalue weighted by Gasteiger charge is 2.27. The topological polar surface area (TPSA) is 65.8 Å². The number of aromatic nitrogens is 1. The average molecular weight is 353 g/mol. The molecule has 0 spiro atoms. The van der Waals surface area contributed by atoms with Crippen molar-refractivity contribution in [3.8, 4) is 6.07 Å². The normalized spacial score (nSPS) is 15.3. The molecule has 1 amide bonds.